The van der Waals surface area contributed by atoms with Gasteiger partial charge < -0.3 is 30.1 Å². The second-order valence-corrected chi connectivity index (χ2v) is 9.58. The van der Waals surface area contributed by atoms with E-state index in [9.17, 15) is 20.1 Å². The summed E-state index contributed by atoms with van der Waals surface area (Å²) in [6.45, 7) is 3.64. The normalized spacial score (nSPS) is 25.6. The average molecular weight is 525 g/mol. The van der Waals surface area contributed by atoms with Crippen LogP contribution in [0.15, 0.2) is 54.7 Å². The van der Waals surface area contributed by atoms with E-state index in [1.54, 1.807) is 36.5 Å². The van der Waals surface area contributed by atoms with Crippen LogP contribution in [-0.4, -0.2) is 87.9 Å². The highest BCUT2D eigenvalue weighted by molar-refractivity contribution is 6.05. The lowest BCUT2D eigenvalue weighted by molar-refractivity contribution is -0.533. The van der Waals surface area contributed by atoms with Crippen LogP contribution < -0.4 is 21.0 Å². The van der Waals surface area contributed by atoms with E-state index in [0.717, 1.165) is 25.4 Å². The molecule has 0 radical (unpaired) electrons. The van der Waals surface area contributed by atoms with E-state index in [4.69, 9.17) is 9.47 Å². The summed E-state index contributed by atoms with van der Waals surface area (Å²) in [4.78, 5) is 15.4. The first kappa shape index (κ1) is 26.0. The van der Waals surface area contributed by atoms with Crippen molar-refractivity contribution in [2.75, 3.05) is 38.2 Å². The molecule has 6 N–H and O–H groups in total. The molecule has 3 aliphatic rings. The van der Waals surface area contributed by atoms with Gasteiger partial charge in [-0.3, -0.25) is 9.69 Å². The predicted molar refractivity (Wildman–Crippen MR) is 140 cm³/mol. The van der Waals surface area contributed by atoms with Crippen LogP contribution in [0, 0.1) is 0 Å². The van der Waals surface area contributed by atoms with E-state index >= 15 is 0 Å². The first-order chi connectivity index (χ1) is 18.5. The van der Waals surface area contributed by atoms with Crippen LogP contribution in [0.2, 0.25) is 0 Å². The highest BCUT2D eigenvalue weighted by atomic mass is 16.5. The zero-order valence-corrected chi connectivity index (χ0v) is 21.0. The molecule has 3 atom stereocenters. The molecule has 0 spiro atoms. The van der Waals surface area contributed by atoms with Crippen molar-refractivity contribution in [3.05, 3.63) is 65.9 Å². The maximum Gasteiger partial charge on any atom is 0.404 e. The molecule has 1 amide bonds. The highest BCUT2D eigenvalue weighted by Gasteiger charge is 2.43. The second-order valence-electron chi connectivity index (χ2n) is 9.58. The Kier molecular flexibility index (Phi) is 8.08. The van der Waals surface area contributed by atoms with Gasteiger partial charge in [-0.25, -0.2) is 5.43 Å². The molecule has 5 rings (SSSR count). The largest absolute Gasteiger partial charge is 0.492 e. The molecule has 0 unspecified atom stereocenters. The number of hydrazine groups is 2. The van der Waals surface area contributed by atoms with E-state index < -0.39 is 18.3 Å². The van der Waals surface area contributed by atoms with E-state index in [2.05, 4.69) is 21.2 Å². The maximum atomic E-state index is 13.0. The molecule has 11 nitrogen and oxygen atoms in total. The van der Waals surface area contributed by atoms with Crippen molar-refractivity contribution in [1.82, 2.24) is 15.9 Å². The molecule has 2 aromatic carbocycles. The number of para-hydroxylation sites is 1. The molecule has 202 valence electrons. The summed E-state index contributed by atoms with van der Waals surface area (Å²) >= 11 is 0. The van der Waals surface area contributed by atoms with Crippen molar-refractivity contribution < 1.29 is 34.3 Å². The SMILES string of the molecule is O=C(Nc1ccccc1C1=C/[N+](=C2\OC[C@@H](O)[C@H](O)[C@H]2O)NN1)c1ccc(OCCN2CCCCC2)cc1. The van der Waals surface area contributed by atoms with Crippen molar-refractivity contribution in [1.29, 1.82) is 0 Å². The van der Waals surface area contributed by atoms with Crippen LogP contribution in [0.3, 0.4) is 0 Å². The molecular formula is C27H34N5O6+. The molecular weight excluding hydrogens is 490 g/mol. The number of hydrazone groups is 1. The monoisotopic (exact) mass is 524 g/mol. The summed E-state index contributed by atoms with van der Waals surface area (Å²) in [5.74, 6) is 0.510. The number of benzene rings is 2. The number of hydrogen-bond acceptors (Lipinski definition) is 9. The molecule has 2 saturated heterocycles. The van der Waals surface area contributed by atoms with Crippen LogP contribution in [0.4, 0.5) is 5.69 Å². The first-order valence-electron chi connectivity index (χ1n) is 12.9. The number of anilines is 1. The third kappa shape index (κ3) is 5.91. The summed E-state index contributed by atoms with van der Waals surface area (Å²) in [5.41, 5.74) is 8.19. The standard InChI is InChI=1S/C27H33N5O6/c33-23-17-38-27(25(35)24(23)34)32-16-22(29-30-32)20-6-2-3-7-21(20)28-26(36)18-8-10-19(11-9-18)37-15-14-31-12-4-1-5-13-31/h2-3,6-11,16,23-25,29-30,33-35H,1,4-5,12-15,17H2/p+1/b32-27+/t23-,24+,25-/m1/s1. The van der Waals surface area contributed by atoms with Gasteiger partial charge in [0.15, 0.2) is 0 Å². The summed E-state index contributed by atoms with van der Waals surface area (Å²) < 4.78 is 12.7. The molecule has 0 saturated carbocycles. The van der Waals surface area contributed by atoms with Crippen molar-refractivity contribution in [2.24, 2.45) is 0 Å². The Balaban J connectivity index is 1.23. The lowest BCUT2D eigenvalue weighted by Gasteiger charge is -2.26. The van der Waals surface area contributed by atoms with E-state index in [0.29, 0.717) is 29.1 Å². The summed E-state index contributed by atoms with van der Waals surface area (Å²) in [6.07, 6.45) is 1.49. The topological polar surface area (TPSA) is 139 Å². The molecule has 11 heteroatoms. The quantitative estimate of drug-likeness (QED) is 0.288. The van der Waals surface area contributed by atoms with Crippen molar-refractivity contribution >= 4 is 23.2 Å². The Morgan fingerprint density at radius 2 is 1.84 bits per heavy atom. The number of piperidine rings is 1. The smallest absolute Gasteiger partial charge is 0.404 e. The van der Waals surface area contributed by atoms with Gasteiger partial charge in [0.2, 0.25) is 12.3 Å². The average Bonchev–Trinajstić information content (AvgIpc) is 3.43. The van der Waals surface area contributed by atoms with Gasteiger partial charge in [0, 0.05) is 17.7 Å². The molecule has 3 heterocycles. The van der Waals surface area contributed by atoms with E-state index in [1.165, 1.54) is 23.9 Å². The van der Waals surface area contributed by atoms with Gasteiger partial charge >= 0.3 is 5.90 Å². The van der Waals surface area contributed by atoms with E-state index in [-0.39, 0.29) is 18.4 Å². The van der Waals surface area contributed by atoms with Crippen LogP contribution in [-0.2, 0) is 4.74 Å². The van der Waals surface area contributed by atoms with Gasteiger partial charge in [-0.05, 0) is 60.9 Å². The Labute approximate surface area is 220 Å². The zero-order valence-electron chi connectivity index (χ0n) is 21.0. The Morgan fingerprint density at radius 1 is 1.08 bits per heavy atom. The minimum Gasteiger partial charge on any atom is -0.492 e. The number of likely N-dealkylation sites (tertiary alicyclic amines) is 1. The number of carbonyl (C=O) groups is 1. The predicted octanol–water partition coefficient (Wildman–Crippen LogP) is 0.649. The first-order valence-corrected chi connectivity index (χ1v) is 12.9. The van der Waals surface area contributed by atoms with Crippen molar-refractivity contribution in [3.63, 3.8) is 0 Å². The number of carbonyl (C=O) groups excluding carboxylic acids is 1. The third-order valence-corrected chi connectivity index (χ3v) is 6.89. The van der Waals surface area contributed by atoms with Gasteiger partial charge in [0.05, 0.1) is 5.69 Å². The van der Waals surface area contributed by atoms with Crippen molar-refractivity contribution in [2.45, 2.75) is 37.6 Å². The third-order valence-electron chi connectivity index (χ3n) is 6.89. The van der Waals surface area contributed by atoms with Crippen LogP contribution in [0.1, 0.15) is 35.2 Å². The number of hydrogen-bond donors (Lipinski definition) is 6. The number of ether oxygens (including phenoxy) is 2. The lowest BCUT2D eigenvalue weighted by atomic mass is 10.1. The summed E-state index contributed by atoms with van der Waals surface area (Å²) in [6, 6.07) is 14.4. The van der Waals surface area contributed by atoms with Crippen LogP contribution >= 0.6 is 0 Å². The van der Waals surface area contributed by atoms with Crippen molar-refractivity contribution in [3.8, 4) is 5.75 Å². The lowest BCUT2D eigenvalue weighted by Crippen LogP contribution is -2.54. The Bertz CT molecular complexity index is 1190. The number of amides is 1. The number of aliphatic hydroxyl groups is 3. The van der Waals surface area contributed by atoms with Gasteiger partial charge in [0.1, 0.15) is 36.9 Å². The fourth-order valence-electron chi connectivity index (χ4n) is 4.69. The summed E-state index contributed by atoms with van der Waals surface area (Å²) in [7, 11) is 0. The molecule has 3 aliphatic heterocycles. The number of nitrogens with zero attached hydrogens (tertiary/aromatic N) is 2. The molecule has 0 aromatic heterocycles. The van der Waals surface area contributed by atoms with E-state index in [1.807, 2.05) is 18.2 Å². The molecule has 2 fully saturated rings. The molecule has 0 aliphatic carbocycles. The Hall–Kier alpha value is -3.64. The second kappa shape index (κ2) is 11.8. The minimum atomic E-state index is -1.41. The van der Waals surface area contributed by atoms with Gasteiger partial charge in [-0.15, -0.1) is 0 Å². The van der Waals surface area contributed by atoms with Gasteiger partial charge in [-0.2, -0.15) is 0 Å². The summed E-state index contributed by atoms with van der Waals surface area (Å²) in [5, 5.41) is 32.9. The number of nitrogens with one attached hydrogen (secondary N) is 3. The minimum absolute atomic E-state index is 0.0463. The number of rotatable bonds is 7. The van der Waals surface area contributed by atoms with Crippen LogP contribution in [0.25, 0.3) is 5.70 Å². The zero-order chi connectivity index (χ0) is 26.5. The Morgan fingerprint density at radius 3 is 2.63 bits per heavy atom. The molecule has 0 bridgehead atoms. The molecule has 2 aromatic rings. The highest BCUT2D eigenvalue weighted by Crippen LogP contribution is 2.25. The maximum absolute atomic E-state index is 13.0. The molecule has 38 heavy (non-hydrogen) atoms. The van der Waals surface area contributed by atoms with Crippen LogP contribution in [0.5, 0.6) is 5.75 Å². The van der Waals surface area contributed by atoms with Gasteiger partial charge in [0.25, 0.3) is 5.91 Å². The fraction of sp³-hybridized carbons (Fsp3) is 0.407. The van der Waals surface area contributed by atoms with Gasteiger partial charge in [-0.1, -0.05) is 30.2 Å². The number of aliphatic hydroxyl groups excluding tert-OH is 3. The fourth-order valence-corrected chi connectivity index (χ4v) is 4.69.